The van der Waals surface area contributed by atoms with Crippen LogP contribution in [0.15, 0.2) is 0 Å². The van der Waals surface area contributed by atoms with Crippen molar-refractivity contribution >= 4 is 5.97 Å². The second-order valence-corrected chi connectivity index (χ2v) is 18.8. The molecule has 47 heavy (non-hydrogen) atoms. The predicted molar refractivity (Wildman–Crippen MR) is 175 cm³/mol. The molecular weight excluding hydrogens is 596 g/mol. The van der Waals surface area contributed by atoms with Crippen molar-refractivity contribution in [2.45, 2.75) is 167 Å². The van der Waals surface area contributed by atoms with Gasteiger partial charge in [0.05, 0.1) is 18.3 Å². The SMILES string of the molecule is C[C@H]1C(O[C@H]2CC3C[C@H](O)CC[C@]3(C)C3C[C@H](O)[C@@]4(C)C(CC[C@@H]4[C@H](C)CCC(=O)O)C32)OC2O[C@@]3(C)CCC4[C@H](C)CCC1[C@@]24O3. The molecule has 3 N–H and O–H groups in total. The summed E-state index contributed by atoms with van der Waals surface area (Å²) in [5.74, 6) is 1.95. The third kappa shape index (κ3) is 4.76. The summed E-state index contributed by atoms with van der Waals surface area (Å²) in [7, 11) is 0. The number of rotatable bonds is 6. The van der Waals surface area contributed by atoms with Crippen LogP contribution >= 0.6 is 0 Å². The summed E-state index contributed by atoms with van der Waals surface area (Å²) in [4.78, 5) is 11.5. The molecule has 0 aromatic carbocycles. The minimum atomic E-state index is -0.739. The van der Waals surface area contributed by atoms with Crippen LogP contribution in [0.2, 0.25) is 0 Å². The summed E-state index contributed by atoms with van der Waals surface area (Å²) >= 11 is 0. The predicted octanol–water partition coefficient (Wildman–Crippen LogP) is 6.75. The lowest BCUT2D eigenvalue weighted by molar-refractivity contribution is -0.356. The maximum absolute atomic E-state index is 12.2. The van der Waals surface area contributed by atoms with Gasteiger partial charge in [0.1, 0.15) is 5.60 Å². The third-order valence-corrected chi connectivity index (χ3v) is 16.7. The summed E-state index contributed by atoms with van der Waals surface area (Å²) in [6.45, 7) is 13.8. The standard InChI is InChI=1S/C39H62O8/c1-20(8-12-32(42)43)25-10-11-28-33-29(19-31(41)38(25,28)6)36(4)15-13-24(40)17-23(36)18-30(33)44-34-22(3)27-9-7-21(2)26-14-16-37(5)46-35(45-34)39(26,27)47-37/h20-31,33-35,40-41H,7-19H2,1-6H3,(H,42,43)/t20-,21-,22-,23?,24-,25-,26?,27?,28?,29?,30+,31+,33?,34?,35?,36+,37-,38-,39-/m1/s1. The fourth-order valence-corrected chi connectivity index (χ4v) is 14.3. The minimum Gasteiger partial charge on any atom is -0.481 e. The minimum absolute atomic E-state index is 0.0228. The van der Waals surface area contributed by atoms with E-state index >= 15 is 0 Å². The Bertz CT molecular complexity index is 1230. The Hall–Kier alpha value is -0.770. The molecule has 5 saturated carbocycles. The number of aliphatic hydroxyl groups excluding tert-OH is 2. The van der Waals surface area contributed by atoms with E-state index in [0.717, 1.165) is 64.2 Å². The molecule has 8 aliphatic rings. The maximum Gasteiger partial charge on any atom is 0.303 e. The molecule has 8 rings (SSSR count). The average Bonchev–Trinajstić information content (AvgIpc) is 3.48. The summed E-state index contributed by atoms with van der Waals surface area (Å²) < 4.78 is 28.1. The van der Waals surface area contributed by atoms with Crippen LogP contribution in [0.4, 0.5) is 0 Å². The maximum atomic E-state index is 12.2. The highest BCUT2D eigenvalue weighted by Crippen LogP contribution is 2.70. The average molecular weight is 659 g/mol. The zero-order valence-electron chi connectivity index (χ0n) is 29.7. The lowest BCUT2D eigenvalue weighted by atomic mass is 9.43. The first-order valence-electron chi connectivity index (χ1n) is 19.5. The van der Waals surface area contributed by atoms with Gasteiger partial charge in [-0.05, 0) is 136 Å². The van der Waals surface area contributed by atoms with Crippen molar-refractivity contribution in [1.29, 1.82) is 0 Å². The van der Waals surface area contributed by atoms with Gasteiger partial charge in [-0.3, -0.25) is 4.79 Å². The molecule has 5 aliphatic carbocycles. The summed E-state index contributed by atoms with van der Waals surface area (Å²) in [5, 5.41) is 32.5. The Morgan fingerprint density at radius 3 is 2.45 bits per heavy atom. The number of hydrogen-bond acceptors (Lipinski definition) is 7. The van der Waals surface area contributed by atoms with E-state index in [2.05, 4.69) is 41.5 Å². The Kier molecular flexibility index (Phi) is 8.07. The summed E-state index contributed by atoms with van der Waals surface area (Å²) in [5.41, 5.74) is -0.617. The van der Waals surface area contributed by atoms with E-state index in [1.807, 2.05) is 0 Å². The highest BCUT2D eigenvalue weighted by molar-refractivity contribution is 5.66. The molecule has 2 bridgehead atoms. The van der Waals surface area contributed by atoms with Crippen molar-refractivity contribution in [3.8, 4) is 0 Å². The summed E-state index contributed by atoms with van der Waals surface area (Å²) in [6.07, 6.45) is 10.0. The van der Waals surface area contributed by atoms with E-state index in [9.17, 15) is 20.1 Å². The van der Waals surface area contributed by atoms with Crippen molar-refractivity contribution in [2.24, 2.45) is 70.0 Å². The van der Waals surface area contributed by atoms with E-state index in [0.29, 0.717) is 47.8 Å². The van der Waals surface area contributed by atoms with Crippen molar-refractivity contribution in [2.75, 3.05) is 0 Å². The Balaban J connectivity index is 1.12. The molecule has 8 heteroatoms. The lowest BCUT2D eigenvalue weighted by Gasteiger charge is -2.64. The van der Waals surface area contributed by atoms with Gasteiger partial charge < -0.3 is 34.3 Å². The van der Waals surface area contributed by atoms with Gasteiger partial charge in [-0.15, -0.1) is 0 Å². The fourth-order valence-electron chi connectivity index (χ4n) is 14.3. The molecular formula is C39H62O8. The van der Waals surface area contributed by atoms with Crippen LogP contribution in [0.1, 0.15) is 125 Å². The van der Waals surface area contributed by atoms with Crippen LogP contribution in [-0.2, 0) is 23.7 Å². The van der Waals surface area contributed by atoms with E-state index in [4.69, 9.17) is 18.9 Å². The molecule has 266 valence electrons. The van der Waals surface area contributed by atoms with Crippen LogP contribution < -0.4 is 0 Å². The smallest absolute Gasteiger partial charge is 0.303 e. The topological polar surface area (TPSA) is 115 Å². The highest BCUT2D eigenvalue weighted by Gasteiger charge is 2.72. The number of carbonyl (C=O) groups is 1. The third-order valence-electron chi connectivity index (χ3n) is 16.7. The Morgan fingerprint density at radius 1 is 0.915 bits per heavy atom. The Labute approximate surface area is 282 Å². The molecule has 19 atom stereocenters. The molecule has 3 heterocycles. The zero-order valence-corrected chi connectivity index (χ0v) is 29.7. The van der Waals surface area contributed by atoms with Gasteiger partial charge >= 0.3 is 5.97 Å². The fraction of sp³-hybridized carbons (Fsp3) is 0.974. The molecule has 0 radical (unpaired) electrons. The molecule has 3 aliphatic heterocycles. The number of ether oxygens (including phenoxy) is 4. The van der Waals surface area contributed by atoms with Crippen LogP contribution in [0.3, 0.4) is 0 Å². The van der Waals surface area contributed by atoms with Gasteiger partial charge in [-0.1, -0.05) is 34.6 Å². The van der Waals surface area contributed by atoms with E-state index in [1.54, 1.807) is 0 Å². The number of carboxylic acid groups (broad SMARTS) is 1. The van der Waals surface area contributed by atoms with Gasteiger partial charge in [0.2, 0.25) is 0 Å². The van der Waals surface area contributed by atoms with Crippen LogP contribution in [0.5, 0.6) is 0 Å². The molecule has 0 amide bonds. The number of carboxylic acids is 1. The first-order valence-corrected chi connectivity index (χ1v) is 19.5. The van der Waals surface area contributed by atoms with Crippen molar-refractivity contribution < 1.29 is 39.1 Å². The van der Waals surface area contributed by atoms with Crippen LogP contribution in [-0.4, -0.2) is 63.6 Å². The monoisotopic (exact) mass is 658 g/mol. The van der Waals surface area contributed by atoms with E-state index in [1.165, 1.54) is 6.42 Å². The molecule has 0 aromatic heterocycles. The molecule has 0 aromatic rings. The largest absolute Gasteiger partial charge is 0.481 e. The van der Waals surface area contributed by atoms with Gasteiger partial charge in [0.15, 0.2) is 18.4 Å². The normalized spacial score (nSPS) is 58.6. The first kappa shape index (κ1) is 33.4. The van der Waals surface area contributed by atoms with Crippen molar-refractivity contribution in [1.82, 2.24) is 0 Å². The van der Waals surface area contributed by atoms with Crippen LogP contribution in [0.25, 0.3) is 0 Å². The van der Waals surface area contributed by atoms with Gasteiger partial charge in [0, 0.05) is 24.7 Å². The van der Waals surface area contributed by atoms with E-state index in [-0.39, 0.29) is 53.5 Å². The van der Waals surface area contributed by atoms with Crippen molar-refractivity contribution in [3.63, 3.8) is 0 Å². The van der Waals surface area contributed by atoms with E-state index < -0.39 is 29.8 Å². The quantitative estimate of drug-likeness (QED) is 0.269. The number of hydrogen-bond donors (Lipinski definition) is 3. The zero-order chi connectivity index (χ0) is 33.3. The van der Waals surface area contributed by atoms with Crippen molar-refractivity contribution in [3.05, 3.63) is 0 Å². The summed E-state index contributed by atoms with van der Waals surface area (Å²) in [6, 6.07) is 0. The van der Waals surface area contributed by atoms with Crippen LogP contribution in [0, 0.1) is 70.0 Å². The molecule has 8 fully saturated rings. The van der Waals surface area contributed by atoms with Gasteiger partial charge in [-0.25, -0.2) is 0 Å². The van der Waals surface area contributed by atoms with Gasteiger partial charge in [-0.2, -0.15) is 0 Å². The number of fused-ring (bicyclic) bond motifs is 6. The first-order chi connectivity index (χ1) is 22.2. The molecule has 3 saturated heterocycles. The second kappa shape index (κ2) is 11.4. The second-order valence-electron chi connectivity index (χ2n) is 18.8. The molecule has 8 unspecified atom stereocenters. The molecule has 8 nitrogen and oxygen atoms in total. The number of aliphatic hydroxyl groups is 2. The number of aliphatic carboxylic acids is 1. The Morgan fingerprint density at radius 2 is 1.68 bits per heavy atom. The highest BCUT2D eigenvalue weighted by atomic mass is 16.9. The van der Waals surface area contributed by atoms with Gasteiger partial charge in [0.25, 0.3) is 0 Å². The lowest BCUT2D eigenvalue weighted by Crippen LogP contribution is -2.67. The molecule has 1 spiro atoms.